The third-order valence-electron chi connectivity index (χ3n) is 3.65. The van der Waals surface area contributed by atoms with E-state index in [1.807, 2.05) is 49.4 Å². The molecule has 2 aromatic carbocycles. The van der Waals surface area contributed by atoms with E-state index in [1.54, 1.807) is 0 Å². The zero-order valence-electron chi connectivity index (χ0n) is 13.5. The van der Waals surface area contributed by atoms with Gasteiger partial charge in [-0.2, -0.15) is 0 Å². The molecular formula is C19H17BrN2OS. The van der Waals surface area contributed by atoms with Crippen molar-refractivity contribution >= 4 is 50.2 Å². The fourth-order valence-corrected chi connectivity index (χ4v) is 3.81. The van der Waals surface area contributed by atoms with E-state index < -0.39 is 0 Å². The quantitative estimate of drug-likeness (QED) is 0.600. The van der Waals surface area contributed by atoms with Crippen molar-refractivity contribution in [1.82, 2.24) is 4.98 Å². The maximum Gasteiger partial charge on any atom is 0.234 e. The van der Waals surface area contributed by atoms with Crippen molar-refractivity contribution in [3.05, 3.63) is 64.1 Å². The third-order valence-corrected chi connectivity index (χ3v) is 5.22. The molecule has 3 aromatic rings. The summed E-state index contributed by atoms with van der Waals surface area (Å²) >= 11 is 4.92. The largest absolute Gasteiger partial charge is 0.324 e. The van der Waals surface area contributed by atoms with Crippen molar-refractivity contribution in [2.24, 2.45) is 0 Å². The van der Waals surface area contributed by atoms with Gasteiger partial charge in [-0.3, -0.25) is 4.79 Å². The molecular weight excluding hydrogens is 384 g/mol. The lowest BCUT2D eigenvalue weighted by atomic mass is 10.1. The molecule has 0 radical (unpaired) electrons. The molecule has 1 N–H and O–H groups in total. The number of thioether (sulfide) groups is 1. The fraction of sp³-hybridized carbons (Fsp3) is 0.158. The lowest BCUT2D eigenvalue weighted by Crippen LogP contribution is -2.14. The van der Waals surface area contributed by atoms with Crippen LogP contribution >= 0.6 is 27.7 Å². The van der Waals surface area contributed by atoms with Crippen LogP contribution < -0.4 is 5.32 Å². The van der Waals surface area contributed by atoms with Crippen molar-refractivity contribution in [2.45, 2.75) is 18.9 Å². The Morgan fingerprint density at radius 3 is 2.75 bits per heavy atom. The lowest BCUT2D eigenvalue weighted by Gasteiger charge is -2.09. The maximum absolute atomic E-state index is 12.2. The van der Waals surface area contributed by atoms with Crippen LogP contribution in [0, 0.1) is 13.8 Å². The van der Waals surface area contributed by atoms with E-state index >= 15 is 0 Å². The molecule has 0 atom stereocenters. The minimum atomic E-state index is -0.0443. The number of rotatable bonds is 4. The van der Waals surface area contributed by atoms with Crippen molar-refractivity contribution in [3.63, 3.8) is 0 Å². The number of aryl methyl sites for hydroxylation is 2. The molecule has 0 saturated carbocycles. The molecule has 0 aliphatic rings. The van der Waals surface area contributed by atoms with Gasteiger partial charge in [-0.25, -0.2) is 4.98 Å². The van der Waals surface area contributed by atoms with E-state index in [1.165, 1.54) is 17.3 Å². The molecule has 0 fully saturated rings. The second-order valence-electron chi connectivity index (χ2n) is 5.61. The number of hydrogen-bond donors (Lipinski definition) is 1. The number of nitrogens with zero attached hydrogens (tertiary/aromatic N) is 1. The molecule has 0 unspecified atom stereocenters. The summed E-state index contributed by atoms with van der Waals surface area (Å²) in [6.07, 6.45) is 0. The Morgan fingerprint density at radius 2 is 1.96 bits per heavy atom. The first kappa shape index (κ1) is 17.0. The maximum atomic E-state index is 12.2. The summed E-state index contributed by atoms with van der Waals surface area (Å²) in [7, 11) is 0. The number of para-hydroxylation sites is 1. The van der Waals surface area contributed by atoms with Crippen LogP contribution in [0.4, 0.5) is 5.69 Å². The highest BCUT2D eigenvalue weighted by Gasteiger charge is 2.08. The first-order valence-corrected chi connectivity index (χ1v) is 9.36. The van der Waals surface area contributed by atoms with Crippen LogP contribution in [0.3, 0.4) is 0 Å². The van der Waals surface area contributed by atoms with Gasteiger partial charge in [0.05, 0.1) is 22.0 Å². The van der Waals surface area contributed by atoms with Gasteiger partial charge < -0.3 is 5.32 Å². The second-order valence-corrected chi connectivity index (χ2v) is 7.46. The Kier molecular flexibility index (Phi) is 5.21. The minimum absolute atomic E-state index is 0.0443. The van der Waals surface area contributed by atoms with E-state index in [0.29, 0.717) is 5.75 Å². The Morgan fingerprint density at radius 1 is 1.17 bits per heavy atom. The number of nitrogens with one attached hydrogen (secondary N) is 1. The highest BCUT2D eigenvalue weighted by Crippen LogP contribution is 2.25. The first-order chi connectivity index (χ1) is 11.5. The van der Waals surface area contributed by atoms with Crippen molar-refractivity contribution in [2.75, 3.05) is 11.1 Å². The third kappa shape index (κ3) is 3.97. The Bertz CT molecular complexity index is 911. The van der Waals surface area contributed by atoms with Gasteiger partial charge in [0.15, 0.2) is 0 Å². The van der Waals surface area contributed by atoms with Crippen molar-refractivity contribution in [3.8, 4) is 0 Å². The summed E-state index contributed by atoms with van der Waals surface area (Å²) in [4.78, 5) is 16.8. The summed E-state index contributed by atoms with van der Waals surface area (Å²) < 4.78 is 0.889. The van der Waals surface area contributed by atoms with E-state index in [0.717, 1.165) is 31.7 Å². The summed E-state index contributed by atoms with van der Waals surface area (Å²) in [5.74, 6) is 0.280. The topological polar surface area (TPSA) is 42.0 Å². The van der Waals surface area contributed by atoms with Crippen LogP contribution in [0.25, 0.3) is 10.9 Å². The normalized spacial score (nSPS) is 10.8. The average Bonchev–Trinajstić information content (AvgIpc) is 2.56. The molecule has 0 aliphatic carbocycles. The number of halogens is 1. The zero-order chi connectivity index (χ0) is 17.1. The van der Waals surface area contributed by atoms with Gasteiger partial charge in [0.25, 0.3) is 0 Å². The second kappa shape index (κ2) is 7.36. The van der Waals surface area contributed by atoms with Crippen LogP contribution in [-0.2, 0) is 4.79 Å². The number of anilines is 1. The molecule has 0 saturated heterocycles. The number of carbonyl (C=O) groups is 1. The van der Waals surface area contributed by atoms with E-state index in [9.17, 15) is 4.79 Å². The number of carbonyl (C=O) groups excluding carboxylic acids is 1. The van der Waals surface area contributed by atoms with E-state index in [4.69, 9.17) is 0 Å². The Hall–Kier alpha value is -1.85. The Balaban J connectivity index is 1.68. The van der Waals surface area contributed by atoms with Crippen LogP contribution in [0.1, 0.15) is 11.1 Å². The summed E-state index contributed by atoms with van der Waals surface area (Å²) in [5.41, 5.74) is 4.06. The van der Waals surface area contributed by atoms with Crippen molar-refractivity contribution < 1.29 is 4.79 Å². The predicted octanol–water partition coefficient (Wildman–Crippen LogP) is 5.34. The average molecular weight is 401 g/mol. The number of hydrogen-bond acceptors (Lipinski definition) is 3. The van der Waals surface area contributed by atoms with Gasteiger partial charge in [0, 0.05) is 9.86 Å². The molecule has 3 rings (SSSR count). The smallest absolute Gasteiger partial charge is 0.234 e. The van der Waals surface area contributed by atoms with Gasteiger partial charge in [0.2, 0.25) is 5.91 Å². The lowest BCUT2D eigenvalue weighted by molar-refractivity contribution is -0.113. The molecule has 1 amide bonds. The number of fused-ring (bicyclic) bond motifs is 1. The molecule has 3 nitrogen and oxygen atoms in total. The molecule has 1 heterocycles. The summed E-state index contributed by atoms with van der Waals surface area (Å²) in [5, 5.41) is 4.94. The standard InChI is InChI=1S/C19H17BrN2OS/c1-12-7-8-17(15(20)9-12)21-18(23)11-24-19-10-13(2)14-5-3-4-6-16(14)22-19/h3-10H,11H2,1-2H3,(H,21,23). The highest BCUT2D eigenvalue weighted by atomic mass is 79.9. The molecule has 0 spiro atoms. The first-order valence-electron chi connectivity index (χ1n) is 7.58. The number of benzene rings is 2. The van der Waals surface area contributed by atoms with Crippen LogP contribution in [0.15, 0.2) is 58.0 Å². The predicted molar refractivity (Wildman–Crippen MR) is 105 cm³/mol. The summed E-state index contributed by atoms with van der Waals surface area (Å²) in [6.45, 7) is 4.08. The molecule has 1 aromatic heterocycles. The van der Waals surface area contributed by atoms with Gasteiger partial charge in [-0.1, -0.05) is 36.0 Å². The molecule has 0 aliphatic heterocycles. The number of amides is 1. The number of aromatic nitrogens is 1. The minimum Gasteiger partial charge on any atom is -0.324 e. The van der Waals surface area contributed by atoms with Gasteiger partial charge >= 0.3 is 0 Å². The molecule has 5 heteroatoms. The van der Waals surface area contributed by atoms with Crippen LogP contribution in [0.5, 0.6) is 0 Å². The Labute approximate surface area is 154 Å². The van der Waals surface area contributed by atoms with Gasteiger partial charge in [0.1, 0.15) is 0 Å². The SMILES string of the molecule is Cc1ccc(NC(=O)CSc2cc(C)c3ccccc3n2)c(Br)c1. The monoisotopic (exact) mass is 400 g/mol. The zero-order valence-corrected chi connectivity index (χ0v) is 15.9. The molecule has 24 heavy (non-hydrogen) atoms. The summed E-state index contributed by atoms with van der Waals surface area (Å²) in [6, 6.07) is 15.9. The van der Waals surface area contributed by atoms with Crippen molar-refractivity contribution in [1.29, 1.82) is 0 Å². The highest BCUT2D eigenvalue weighted by molar-refractivity contribution is 9.10. The van der Waals surface area contributed by atoms with Gasteiger partial charge in [-0.05, 0) is 65.2 Å². The molecule has 122 valence electrons. The van der Waals surface area contributed by atoms with E-state index in [2.05, 4.69) is 39.2 Å². The van der Waals surface area contributed by atoms with E-state index in [-0.39, 0.29) is 5.91 Å². The van der Waals surface area contributed by atoms with Crippen LogP contribution in [-0.4, -0.2) is 16.6 Å². The van der Waals surface area contributed by atoms with Gasteiger partial charge in [-0.15, -0.1) is 0 Å². The number of pyridine rings is 1. The van der Waals surface area contributed by atoms with Crippen LogP contribution in [0.2, 0.25) is 0 Å². The fourth-order valence-electron chi connectivity index (χ4n) is 2.44. The molecule has 0 bridgehead atoms.